The standard InChI is InChI=1S/C26H23N3O4S/c1-16-5-3-4-6-22(16)25(32)28-19-9-13-21(14-10-19)34-23-15-24(31)29(26(23)33)20-11-7-18(8-12-20)27-17(2)30/h3-14,23H,15H2,1-2H3,(H,27,30)(H,28,32). The topological polar surface area (TPSA) is 95.6 Å². The van der Waals surface area contributed by atoms with E-state index in [1.807, 2.05) is 37.3 Å². The van der Waals surface area contributed by atoms with Gasteiger partial charge in [0.15, 0.2) is 0 Å². The fourth-order valence-electron chi connectivity index (χ4n) is 3.67. The molecule has 2 N–H and O–H groups in total. The number of aryl methyl sites for hydroxylation is 1. The monoisotopic (exact) mass is 473 g/mol. The molecule has 3 aromatic rings. The molecule has 0 spiro atoms. The van der Waals surface area contributed by atoms with Crippen LogP contribution in [0.5, 0.6) is 0 Å². The third-order valence-electron chi connectivity index (χ3n) is 5.33. The molecule has 3 aromatic carbocycles. The van der Waals surface area contributed by atoms with Crippen molar-refractivity contribution in [1.29, 1.82) is 0 Å². The van der Waals surface area contributed by atoms with E-state index in [9.17, 15) is 19.2 Å². The van der Waals surface area contributed by atoms with Crippen LogP contribution in [0.15, 0.2) is 77.7 Å². The zero-order valence-electron chi connectivity index (χ0n) is 18.7. The van der Waals surface area contributed by atoms with Crippen LogP contribution in [0.4, 0.5) is 17.1 Å². The first-order valence-corrected chi connectivity index (χ1v) is 11.6. The Kier molecular flexibility index (Phi) is 6.79. The van der Waals surface area contributed by atoms with Gasteiger partial charge in [0, 0.05) is 35.2 Å². The number of hydrogen-bond acceptors (Lipinski definition) is 5. The lowest BCUT2D eigenvalue weighted by Gasteiger charge is -2.15. The molecule has 34 heavy (non-hydrogen) atoms. The molecule has 1 saturated heterocycles. The Morgan fingerprint density at radius 2 is 1.50 bits per heavy atom. The Hall–Kier alpha value is -3.91. The minimum absolute atomic E-state index is 0.0999. The lowest BCUT2D eigenvalue weighted by molar-refractivity contribution is -0.121. The molecule has 0 aliphatic carbocycles. The Balaban J connectivity index is 1.40. The molecule has 1 aliphatic rings. The van der Waals surface area contributed by atoms with Crippen LogP contribution in [0.3, 0.4) is 0 Å². The van der Waals surface area contributed by atoms with Crippen LogP contribution in [-0.2, 0) is 14.4 Å². The molecular weight excluding hydrogens is 450 g/mol. The molecule has 1 unspecified atom stereocenters. The summed E-state index contributed by atoms with van der Waals surface area (Å²) in [7, 11) is 0. The van der Waals surface area contributed by atoms with Gasteiger partial charge in [-0.1, -0.05) is 18.2 Å². The van der Waals surface area contributed by atoms with E-state index in [1.165, 1.54) is 23.6 Å². The fourth-order valence-corrected chi connectivity index (χ4v) is 4.73. The molecule has 1 heterocycles. The zero-order valence-corrected chi connectivity index (χ0v) is 19.5. The predicted molar refractivity (Wildman–Crippen MR) is 133 cm³/mol. The highest BCUT2D eigenvalue weighted by molar-refractivity contribution is 8.00. The zero-order chi connectivity index (χ0) is 24.2. The Morgan fingerprint density at radius 1 is 0.882 bits per heavy atom. The quantitative estimate of drug-likeness (QED) is 0.509. The number of amides is 4. The molecule has 4 rings (SSSR count). The van der Waals surface area contributed by atoms with Crippen molar-refractivity contribution >= 4 is 52.5 Å². The van der Waals surface area contributed by atoms with Gasteiger partial charge in [0.05, 0.1) is 10.9 Å². The van der Waals surface area contributed by atoms with Gasteiger partial charge in [-0.2, -0.15) is 0 Å². The van der Waals surface area contributed by atoms with E-state index in [0.717, 1.165) is 10.5 Å². The SMILES string of the molecule is CC(=O)Nc1ccc(N2C(=O)CC(Sc3ccc(NC(=O)c4ccccc4C)cc3)C2=O)cc1. The highest BCUT2D eigenvalue weighted by Gasteiger charge is 2.40. The van der Waals surface area contributed by atoms with E-state index >= 15 is 0 Å². The van der Waals surface area contributed by atoms with Crippen molar-refractivity contribution in [3.8, 4) is 0 Å². The summed E-state index contributed by atoms with van der Waals surface area (Å²) in [6, 6.07) is 21.1. The first-order valence-electron chi connectivity index (χ1n) is 10.7. The second-order valence-electron chi connectivity index (χ2n) is 7.90. The molecular formula is C26H23N3O4S. The molecule has 0 bridgehead atoms. The van der Waals surface area contributed by atoms with Crippen LogP contribution in [-0.4, -0.2) is 28.9 Å². The van der Waals surface area contributed by atoms with Crippen LogP contribution in [0.2, 0.25) is 0 Å². The fraction of sp³-hybridized carbons (Fsp3) is 0.154. The molecule has 0 radical (unpaired) electrons. The van der Waals surface area contributed by atoms with Crippen molar-refractivity contribution in [1.82, 2.24) is 0 Å². The van der Waals surface area contributed by atoms with Gasteiger partial charge in [0.1, 0.15) is 0 Å². The van der Waals surface area contributed by atoms with E-state index in [0.29, 0.717) is 22.6 Å². The van der Waals surface area contributed by atoms with Crippen molar-refractivity contribution in [3.05, 3.63) is 83.9 Å². The molecule has 1 fully saturated rings. The van der Waals surface area contributed by atoms with Gasteiger partial charge in [-0.05, 0) is 67.1 Å². The van der Waals surface area contributed by atoms with Crippen LogP contribution in [0.25, 0.3) is 0 Å². The van der Waals surface area contributed by atoms with E-state index < -0.39 is 5.25 Å². The number of thioether (sulfide) groups is 1. The molecule has 172 valence electrons. The van der Waals surface area contributed by atoms with Crippen molar-refractivity contribution in [2.75, 3.05) is 15.5 Å². The van der Waals surface area contributed by atoms with E-state index in [-0.39, 0.29) is 30.0 Å². The van der Waals surface area contributed by atoms with Crippen molar-refractivity contribution in [2.45, 2.75) is 30.4 Å². The molecule has 0 saturated carbocycles. The summed E-state index contributed by atoms with van der Waals surface area (Å²) >= 11 is 1.32. The number of carbonyl (C=O) groups is 4. The van der Waals surface area contributed by atoms with Gasteiger partial charge < -0.3 is 10.6 Å². The number of nitrogens with zero attached hydrogens (tertiary/aromatic N) is 1. The second-order valence-corrected chi connectivity index (χ2v) is 9.18. The van der Waals surface area contributed by atoms with Crippen LogP contribution < -0.4 is 15.5 Å². The first kappa shape index (κ1) is 23.3. The van der Waals surface area contributed by atoms with E-state index in [1.54, 1.807) is 42.5 Å². The van der Waals surface area contributed by atoms with Crippen LogP contribution in [0, 0.1) is 6.92 Å². The maximum Gasteiger partial charge on any atom is 0.255 e. The lowest BCUT2D eigenvalue weighted by atomic mass is 10.1. The normalized spacial score (nSPS) is 15.4. The number of rotatable bonds is 6. The van der Waals surface area contributed by atoms with Gasteiger partial charge in [-0.15, -0.1) is 11.8 Å². The highest BCUT2D eigenvalue weighted by Crippen LogP contribution is 2.34. The number of imide groups is 1. The maximum absolute atomic E-state index is 12.9. The number of benzene rings is 3. The number of carbonyl (C=O) groups excluding carboxylic acids is 4. The Bertz CT molecular complexity index is 1260. The van der Waals surface area contributed by atoms with Crippen LogP contribution >= 0.6 is 11.8 Å². The van der Waals surface area contributed by atoms with Gasteiger partial charge in [-0.25, -0.2) is 4.90 Å². The minimum Gasteiger partial charge on any atom is -0.326 e. The van der Waals surface area contributed by atoms with E-state index in [2.05, 4.69) is 10.6 Å². The number of nitrogens with one attached hydrogen (secondary N) is 2. The van der Waals surface area contributed by atoms with Crippen molar-refractivity contribution in [3.63, 3.8) is 0 Å². The minimum atomic E-state index is -0.532. The molecule has 8 heteroatoms. The third-order valence-corrected chi connectivity index (χ3v) is 6.53. The smallest absolute Gasteiger partial charge is 0.255 e. The Morgan fingerprint density at radius 3 is 2.15 bits per heavy atom. The second kappa shape index (κ2) is 9.93. The summed E-state index contributed by atoms with van der Waals surface area (Å²) in [5, 5.41) is 5.00. The third kappa shape index (κ3) is 5.18. The summed E-state index contributed by atoms with van der Waals surface area (Å²) in [5.74, 6) is -0.926. The van der Waals surface area contributed by atoms with Crippen molar-refractivity contribution in [2.24, 2.45) is 0 Å². The summed E-state index contributed by atoms with van der Waals surface area (Å²) in [4.78, 5) is 51.2. The number of hydrogen-bond donors (Lipinski definition) is 2. The summed E-state index contributed by atoms with van der Waals surface area (Å²) in [5.41, 5.74) is 3.22. The number of anilines is 3. The maximum atomic E-state index is 12.9. The molecule has 7 nitrogen and oxygen atoms in total. The van der Waals surface area contributed by atoms with Gasteiger partial charge in [0.2, 0.25) is 17.7 Å². The molecule has 1 atom stereocenters. The van der Waals surface area contributed by atoms with Gasteiger partial charge in [0.25, 0.3) is 5.91 Å². The summed E-state index contributed by atoms with van der Waals surface area (Å²) in [6.45, 7) is 3.29. The first-order chi connectivity index (χ1) is 16.3. The molecule has 4 amide bonds. The van der Waals surface area contributed by atoms with Crippen LogP contribution in [0.1, 0.15) is 29.3 Å². The largest absolute Gasteiger partial charge is 0.326 e. The highest BCUT2D eigenvalue weighted by atomic mass is 32.2. The summed E-state index contributed by atoms with van der Waals surface area (Å²) in [6.07, 6.45) is 0.0999. The average molecular weight is 474 g/mol. The van der Waals surface area contributed by atoms with Crippen molar-refractivity contribution < 1.29 is 19.2 Å². The average Bonchev–Trinajstić information content (AvgIpc) is 3.08. The Labute approximate surface area is 201 Å². The molecule has 0 aromatic heterocycles. The van der Waals surface area contributed by atoms with E-state index in [4.69, 9.17) is 0 Å². The predicted octanol–water partition coefficient (Wildman–Crippen LogP) is 4.63. The van der Waals surface area contributed by atoms with Gasteiger partial charge in [-0.3, -0.25) is 19.2 Å². The lowest BCUT2D eigenvalue weighted by Crippen LogP contribution is -2.31. The molecule has 1 aliphatic heterocycles. The summed E-state index contributed by atoms with van der Waals surface area (Å²) < 4.78 is 0. The van der Waals surface area contributed by atoms with Gasteiger partial charge >= 0.3 is 0 Å².